The minimum Gasteiger partial charge on any atom is -0.337 e. The zero-order valence-electron chi connectivity index (χ0n) is 12.2. The van der Waals surface area contributed by atoms with Gasteiger partial charge in [-0.1, -0.05) is 11.8 Å². The van der Waals surface area contributed by atoms with Crippen LogP contribution in [0.1, 0.15) is 22.3 Å². The van der Waals surface area contributed by atoms with Crippen molar-refractivity contribution in [3.05, 3.63) is 35.1 Å². The lowest BCUT2D eigenvalue weighted by atomic mass is 10.1. The van der Waals surface area contributed by atoms with Gasteiger partial charge in [0.25, 0.3) is 5.91 Å². The molecule has 1 saturated heterocycles. The van der Waals surface area contributed by atoms with Crippen molar-refractivity contribution in [2.24, 2.45) is 5.73 Å². The molecule has 1 amide bonds. The number of benzene rings is 1. The standard InChI is InChI=1S/C16H20FN3O/c1-19-8-3-9-20(11-10-19)16(21)15-12-14(17)6-5-13(15)4-2-7-18/h5-6,12H,3,7-11,18H2,1H3. The Morgan fingerprint density at radius 3 is 2.90 bits per heavy atom. The van der Waals surface area contributed by atoms with Gasteiger partial charge >= 0.3 is 0 Å². The monoisotopic (exact) mass is 289 g/mol. The van der Waals surface area contributed by atoms with Crippen LogP contribution in [0.2, 0.25) is 0 Å². The summed E-state index contributed by atoms with van der Waals surface area (Å²) in [6.07, 6.45) is 0.918. The molecule has 1 aliphatic heterocycles. The molecule has 21 heavy (non-hydrogen) atoms. The van der Waals surface area contributed by atoms with Gasteiger partial charge in [-0.05, 0) is 38.2 Å². The molecule has 5 heteroatoms. The van der Waals surface area contributed by atoms with Gasteiger partial charge in [0.15, 0.2) is 0 Å². The summed E-state index contributed by atoms with van der Waals surface area (Å²) in [6, 6.07) is 4.11. The number of likely N-dealkylation sites (N-methyl/N-ethyl adjacent to an activating group) is 1. The maximum atomic E-state index is 13.5. The lowest BCUT2D eigenvalue weighted by Crippen LogP contribution is -2.35. The number of hydrogen-bond acceptors (Lipinski definition) is 3. The Morgan fingerprint density at radius 2 is 2.14 bits per heavy atom. The van der Waals surface area contributed by atoms with Crippen LogP contribution in [0.15, 0.2) is 18.2 Å². The second-order valence-corrected chi connectivity index (χ2v) is 5.14. The fourth-order valence-electron chi connectivity index (χ4n) is 2.37. The molecule has 112 valence electrons. The quantitative estimate of drug-likeness (QED) is 0.782. The summed E-state index contributed by atoms with van der Waals surface area (Å²) in [6.45, 7) is 3.33. The lowest BCUT2D eigenvalue weighted by molar-refractivity contribution is 0.0762. The average Bonchev–Trinajstić information content (AvgIpc) is 2.70. The van der Waals surface area contributed by atoms with Gasteiger partial charge in [0.05, 0.1) is 12.1 Å². The first kappa shape index (κ1) is 15.5. The summed E-state index contributed by atoms with van der Waals surface area (Å²) >= 11 is 0. The summed E-state index contributed by atoms with van der Waals surface area (Å²) in [5.41, 5.74) is 6.21. The summed E-state index contributed by atoms with van der Waals surface area (Å²) in [5, 5.41) is 0. The SMILES string of the molecule is CN1CCCN(C(=O)c2cc(F)ccc2C#CCN)CC1. The van der Waals surface area contributed by atoms with Crippen molar-refractivity contribution >= 4 is 5.91 Å². The Bertz CT molecular complexity index is 577. The topological polar surface area (TPSA) is 49.6 Å². The van der Waals surface area contributed by atoms with Crippen molar-refractivity contribution < 1.29 is 9.18 Å². The third-order valence-corrected chi connectivity index (χ3v) is 3.54. The molecule has 0 aliphatic carbocycles. The molecule has 4 nitrogen and oxygen atoms in total. The van der Waals surface area contributed by atoms with E-state index in [0.717, 1.165) is 19.5 Å². The molecular formula is C16H20FN3O. The first-order valence-corrected chi connectivity index (χ1v) is 7.08. The minimum atomic E-state index is -0.427. The molecule has 0 atom stereocenters. The van der Waals surface area contributed by atoms with Crippen LogP contribution >= 0.6 is 0 Å². The molecule has 0 unspecified atom stereocenters. The van der Waals surface area contributed by atoms with Gasteiger partial charge in [-0.2, -0.15) is 0 Å². The Labute approximate surface area is 124 Å². The number of carbonyl (C=O) groups is 1. The molecule has 0 aromatic heterocycles. The van der Waals surface area contributed by atoms with E-state index in [9.17, 15) is 9.18 Å². The van der Waals surface area contributed by atoms with Gasteiger partial charge in [-0.3, -0.25) is 4.79 Å². The zero-order valence-corrected chi connectivity index (χ0v) is 12.2. The molecule has 1 heterocycles. The van der Waals surface area contributed by atoms with Crippen LogP contribution < -0.4 is 5.73 Å². The largest absolute Gasteiger partial charge is 0.337 e. The fourth-order valence-corrected chi connectivity index (χ4v) is 2.37. The predicted molar refractivity (Wildman–Crippen MR) is 80.3 cm³/mol. The molecule has 1 aromatic rings. The van der Waals surface area contributed by atoms with E-state index >= 15 is 0 Å². The van der Waals surface area contributed by atoms with E-state index in [-0.39, 0.29) is 12.5 Å². The average molecular weight is 289 g/mol. The van der Waals surface area contributed by atoms with Crippen molar-refractivity contribution in [1.29, 1.82) is 0 Å². The number of hydrogen-bond donors (Lipinski definition) is 1. The van der Waals surface area contributed by atoms with E-state index in [4.69, 9.17) is 5.73 Å². The molecule has 0 bridgehead atoms. The molecule has 2 N–H and O–H groups in total. The van der Waals surface area contributed by atoms with E-state index in [0.29, 0.717) is 24.2 Å². The highest BCUT2D eigenvalue weighted by Gasteiger charge is 2.21. The van der Waals surface area contributed by atoms with E-state index in [1.54, 1.807) is 4.90 Å². The third-order valence-electron chi connectivity index (χ3n) is 3.54. The molecule has 1 aromatic carbocycles. The van der Waals surface area contributed by atoms with Crippen LogP contribution in [0.25, 0.3) is 0 Å². The predicted octanol–water partition coefficient (Wildman–Crippen LogP) is 0.914. The van der Waals surface area contributed by atoms with E-state index < -0.39 is 5.82 Å². The minimum absolute atomic E-state index is 0.161. The van der Waals surface area contributed by atoms with Crippen molar-refractivity contribution in [1.82, 2.24) is 9.80 Å². The van der Waals surface area contributed by atoms with E-state index in [1.165, 1.54) is 18.2 Å². The van der Waals surface area contributed by atoms with Gasteiger partial charge in [0, 0.05) is 25.2 Å². The lowest BCUT2D eigenvalue weighted by Gasteiger charge is -2.21. The van der Waals surface area contributed by atoms with Crippen LogP contribution in [-0.4, -0.2) is 55.5 Å². The molecule has 0 spiro atoms. The molecule has 1 fully saturated rings. The maximum Gasteiger partial charge on any atom is 0.255 e. The normalized spacial score (nSPS) is 16.0. The number of rotatable bonds is 1. The highest BCUT2D eigenvalue weighted by Crippen LogP contribution is 2.15. The Morgan fingerprint density at radius 1 is 1.33 bits per heavy atom. The summed E-state index contributed by atoms with van der Waals surface area (Å²) in [5.74, 6) is 4.97. The highest BCUT2D eigenvalue weighted by atomic mass is 19.1. The summed E-state index contributed by atoms with van der Waals surface area (Å²) in [4.78, 5) is 16.6. The third kappa shape index (κ3) is 4.03. The Balaban J connectivity index is 2.27. The fraction of sp³-hybridized carbons (Fsp3) is 0.438. The smallest absolute Gasteiger partial charge is 0.255 e. The van der Waals surface area contributed by atoms with Crippen LogP contribution in [0, 0.1) is 17.7 Å². The maximum absolute atomic E-state index is 13.5. The van der Waals surface area contributed by atoms with Crippen molar-refractivity contribution in [3.8, 4) is 11.8 Å². The zero-order chi connectivity index (χ0) is 15.2. The second-order valence-electron chi connectivity index (χ2n) is 5.14. The van der Waals surface area contributed by atoms with Crippen LogP contribution in [0.4, 0.5) is 4.39 Å². The van der Waals surface area contributed by atoms with E-state index in [2.05, 4.69) is 16.7 Å². The van der Waals surface area contributed by atoms with Gasteiger partial charge in [-0.25, -0.2) is 4.39 Å². The first-order chi connectivity index (χ1) is 10.1. The van der Waals surface area contributed by atoms with E-state index in [1.807, 2.05) is 7.05 Å². The summed E-state index contributed by atoms with van der Waals surface area (Å²) < 4.78 is 13.5. The van der Waals surface area contributed by atoms with Crippen LogP contribution in [-0.2, 0) is 0 Å². The molecule has 0 radical (unpaired) electrons. The van der Waals surface area contributed by atoms with Crippen molar-refractivity contribution in [3.63, 3.8) is 0 Å². The Kier molecular flexibility index (Phi) is 5.32. The van der Waals surface area contributed by atoms with Crippen molar-refractivity contribution in [2.45, 2.75) is 6.42 Å². The number of carbonyl (C=O) groups excluding carboxylic acids is 1. The van der Waals surface area contributed by atoms with Crippen LogP contribution in [0.5, 0.6) is 0 Å². The number of nitrogens with two attached hydrogens (primary N) is 1. The Hall–Kier alpha value is -1.90. The van der Waals surface area contributed by atoms with Crippen LogP contribution in [0.3, 0.4) is 0 Å². The molecule has 2 rings (SSSR count). The highest BCUT2D eigenvalue weighted by molar-refractivity contribution is 5.96. The van der Waals surface area contributed by atoms with Gasteiger partial charge in [0.2, 0.25) is 0 Å². The molecular weight excluding hydrogens is 269 g/mol. The van der Waals surface area contributed by atoms with Gasteiger partial charge in [-0.15, -0.1) is 0 Å². The number of amides is 1. The molecule has 1 aliphatic rings. The first-order valence-electron chi connectivity index (χ1n) is 7.08. The second kappa shape index (κ2) is 7.21. The molecule has 0 saturated carbocycles. The van der Waals surface area contributed by atoms with Gasteiger partial charge < -0.3 is 15.5 Å². The summed E-state index contributed by atoms with van der Waals surface area (Å²) in [7, 11) is 2.04. The van der Waals surface area contributed by atoms with Crippen molar-refractivity contribution in [2.75, 3.05) is 39.8 Å². The number of nitrogens with zero attached hydrogens (tertiary/aromatic N) is 2. The number of halogens is 1. The van der Waals surface area contributed by atoms with Gasteiger partial charge in [0.1, 0.15) is 5.82 Å².